The van der Waals surface area contributed by atoms with Crippen LogP contribution < -0.4 is 5.32 Å². The van der Waals surface area contributed by atoms with Crippen LogP contribution in [0, 0.1) is 12.8 Å². The predicted octanol–water partition coefficient (Wildman–Crippen LogP) is 2.81. The minimum Gasteiger partial charge on any atom is -0.347 e. The Kier molecular flexibility index (Phi) is 3.77. The number of rotatable bonds is 3. The minimum atomic E-state index is -0.363. The highest BCUT2D eigenvalue weighted by molar-refractivity contribution is 5.79. The SMILES string of the molecule is Cc1cccc(C(C)(C)NC(=O)C2CCc3cncn3C2)c1. The highest BCUT2D eigenvalue weighted by Gasteiger charge is 2.29. The molecule has 0 saturated heterocycles. The van der Waals surface area contributed by atoms with E-state index in [1.54, 1.807) is 0 Å². The van der Waals surface area contributed by atoms with Crippen LogP contribution in [-0.2, 0) is 23.3 Å². The van der Waals surface area contributed by atoms with Crippen molar-refractivity contribution in [1.82, 2.24) is 14.9 Å². The van der Waals surface area contributed by atoms with Gasteiger partial charge in [-0.1, -0.05) is 29.8 Å². The molecular formula is C18H23N3O. The molecule has 0 bridgehead atoms. The van der Waals surface area contributed by atoms with Gasteiger partial charge in [0, 0.05) is 18.4 Å². The molecule has 116 valence electrons. The Morgan fingerprint density at radius 3 is 3.00 bits per heavy atom. The van der Waals surface area contributed by atoms with Crippen molar-refractivity contribution in [1.29, 1.82) is 0 Å². The van der Waals surface area contributed by atoms with E-state index >= 15 is 0 Å². The molecule has 0 saturated carbocycles. The summed E-state index contributed by atoms with van der Waals surface area (Å²) in [7, 11) is 0. The molecule has 2 aromatic rings. The third-order valence-electron chi connectivity index (χ3n) is 4.51. The third-order valence-corrected chi connectivity index (χ3v) is 4.51. The van der Waals surface area contributed by atoms with Crippen LogP contribution in [0.1, 0.15) is 37.1 Å². The Morgan fingerprint density at radius 1 is 1.41 bits per heavy atom. The quantitative estimate of drug-likeness (QED) is 0.947. The van der Waals surface area contributed by atoms with Crippen LogP contribution in [0.5, 0.6) is 0 Å². The number of amides is 1. The first kappa shape index (κ1) is 14.8. The Bertz CT molecular complexity index is 687. The number of carbonyl (C=O) groups is 1. The Hall–Kier alpha value is -2.10. The number of aromatic nitrogens is 2. The summed E-state index contributed by atoms with van der Waals surface area (Å²) in [6.45, 7) is 6.92. The van der Waals surface area contributed by atoms with Gasteiger partial charge in [0.15, 0.2) is 0 Å². The van der Waals surface area contributed by atoms with Crippen LogP contribution in [-0.4, -0.2) is 15.5 Å². The van der Waals surface area contributed by atoms with Gasteiger partial charge < -0.3 is 9.88 Å². The predicted molar refractivity (Wildman–Crippen MR) is 86.4 cm³/mol. The van der Waals surface area contributed by atoms with Gasteiger partial charge in [0.1, 0.15) is 0 Å². The summed E-state index contributed by atoms with van der Waals surface area (Å²) in [6.07, 6.45) is 5.52. The molecule has 2 heterocycles. The molecule has 0 radical (unpaired) electrons. The maximum absolute atomic E-state index is 12.7. The van der Waals surface area contributed by atoms with E-state index in [1.807, 2.05) is 18.6 Å². The highest BCUT2D eigenvalue weighted by atomic mass is 16.2. The molecule has 0 fully saturated rings. The third kappa shape index (κ3) is 2.91. The average molecular weight is 297 g/mol. The molecule has 0 aliphatic carbocycles. The zero-order valence-electron chi connectivity index (χ0n) is 13.5. The van der Waals surface area contributed by atoms with Gasteiger partial charge in [0.2, 0.25) is 5.91 Å². The van der Waals surface area contributed by atoms with Gasteiger partial charge >= 0.3 is 0 Å². The smallest absolute Gasteiger partial charge is 0.225 e. The summed E-state index contributed by atoms with van der Waals surface area (Å²) in [6, 6.07) is 8.32. The fourth-order valence-electron chi connectivity index (χ4n) is 3.10. The topological polar surface area (TPSA) is 46.9 Å². The van der Waals surface area contributed by atoms with E-state index in [0.29, 0.717) is 0 Å². The molecule has 1 aliphatic heterocycles. The Balaban J connectivity index is 1.71. The first-order valence-corrected chi connectivity index (χ1v) is 7.84. The van der Waals surface area contributed by atoms with Crippen LogP contribution in [0.25, 0.3) is 0 Å². The zero-order chi connectivity index (χ0) is 15.7. The van der Waals surface area contributed by atoms with Crippen molar-refractivity contribution in [2.24, 2.45) is 5.92 Å². The zero-order valence-corrected chi connectivity index (χ0v) is 13.5. The Morgan fingerprint density at radius 2 is 2.23 bits per heavy atom. The number of fused-ring (bicyclic) bond motifs is 1. The normalized spacial score (nSPS) is 17.9. The van der Waals surface area contributed by atoms with Gasteiger partial charge in [-0.3, -0.25) is 4.79 Å². The van der Waals surface area contributed by atoms with Crippen molar-refractivity contribution < 1.29 is 4.79 Å². The molecule has 4 nitrogen and oxygen atoms in total. The molecule has 1 N–H and O–H groups in total. The fourth-order valence-corrected chi connectivity index (χ4v) is 3.10. The lowest BCUT2D eigenvalue weighted by Crippen LogP contribution is -2.45. The lowest BCUT2D eigenvalue weighted by atomic mass is 9.90. The molecule has 3 rings (SSSR count). The number of aryl methyl sites for hydroxylation is 2. The molecule has 1 atom stereocenters. The number of nitrogens with one attached hydrogen (secondary N) is 1. The number of hydrogen-bond acceptors (Lipinski definition) is 2. The number of benzene rings is 1. The molecule has 22 heavy (non-hydrogen) atoms. The van der Waals surface area contributed by atoms with Crippen LogP contribution in [0.3, 0.4) is 0 Å². The molecule has 1 unspecified atom stereocenters. The highest BCUT2D eigenvalue weighted by Crippen LogP contribution is 2.24. The van der Waals surface area contributed by atoms with Crippen molar-refractivity contribution >= 4 is 5.91 Å². The monoisotopic (exact) mass is 297 g/mol. The summed E-state index contributed by atoms with van der Waals surface area (Å²) in [5.41, 5.74) is 3.21. The molecule has 1 aromatic carbocycles. The van der Waals surface area contributed by atoms with Gasteiger partial charge in [-0.2, -0.15) is 0 Å². The molecule has 1 aromatic heterocycles. The fraction of sp³-hybridized carbons (Fsp3) is 0.444. The number of hydrogen-bond donors (Lipinski definition) is 1. The summed E-state index contributed by atoms with van der Waals surface area (Å²) in [5.74, 6) is 0.150. The van der Waals surface area contributed by atoms with E-state index in [9.17, 15) is 4.79 Å². The lowest BCUT2D eigenvalue weighted by molar-refractivity contribution is -0.127. The van der Waals surface area contributed by atoms with Gasteiger partial charge in [0.25, 0.3) is 0 Å². The van der Waals surface area contributed by atoms with Crippen LogP contribution in [0.2, 0.25) is 0 Å². The van der Waals surface area contributed by atoms with Crippen molar-refractivity contribution in [2.75, 3.05) is 0 Å². The maximum Gasteiger partial charge on any atom is 0.225 e. The lowest BCUT2D eigenvalue weighted by Gasteiger charge is -2.31. The van der Waals surface area contributed by atoms with E-state index in [-0.39, 0.29) is 17.4 Å². The summed E-state index contributed by atoms with van der Waals surface area (Å²) in [5, 5.41) is 3.22. The first-order chi connectivity index (χ1) is 10.5. The summed E-state index contributed by atoms with van der Waals surface area (Å²) in [4.78, 5) is 16.8. The minimum absolute atomic E-state index is 0.0192. The molecule has 1 aliphatic rings. The van der Waals surface area contributed by atoms with E-state index in [1.165, 1.54) is 11.3 Å². The van der Waals surface area contributed by atoms with E-state index < -0.39 is 0 Å². The van der Waals surface area contributed by atoms with Crippen molar-refractivity contribution in [2.45, 2.75) is 45.7 Å². The van der Waals surface area contributed by atoms with Gasteiger partial charge in [-0.25, -0.2) is 4.98 Å². The maximum atomic E-state index is 12.7. The van der Waals surface area contributed by atoms with Gasteiger partial charge in [-0.15, -0.1) is 0 Å². The van der Waals surface area contributed by atoms with E-state index in [0.717, 1.165) is 24.9 Å². The van der Waals surface area contributed by atoms with Crippen LogP contribution >= 0.6 is 0 Å². The van der Waals surface area contributed by atoms with Crippen molar-refractivity contribution in [3.8, 4) is 0 Å². The van der Waals surface area contributed by atoms with Crippen molar-refractivity contribution in [3.05, 3.63) is 53.6 Å². The second kappa shape index (κ2) is 5.59. The molecule has 4 heteroatoms. The largest absolute Gasteiger partial charge is 0.347 e. The second-order valence-electron chi connectivity index (χ2n) is 6.76. The number of imidazole rings is 1. The molecule has 0 spiro atoms. The molecule has 1 amide bonds. The van der Waals surface area contributed by atoms with E-state index in [2.05, 4.69) is 53.8 Å². The van der Waals surface area contributed by atoms with Crippen LogP contribution in [0.4, 0.5) is 0 Å². The Labute approximate surface area is 131 Å². The standard InChI is InChI=1S/C18H23N3O/c1-13-5-4-6-15(9-13)18(2,3)20-17(22)14-7-8-16-10-19-12-21(16)11-14/h4-6,9-10,12,14H,7-8,11H2,1-3H3,(H,20,22). The van der Waals surface area contributed by atoms with Gasteiger partial charge in [-0.05, 0) is 39.2 Å². The van der Waals surface area contributed by atoms with Gasteiger partial charge in [0.05, 0.1) is 17.8 Å². The average Bonchev–Trinajstić information content (AvgIpc) is 2.94. The molecular weight excluding hydrogens is 274 g/mol. The summed E-state index contributed by atoms with van der Waals surface area (Å²) >= 11 is 0. The summed E-state index contributed by atoms with van der Waals surface area (Å²) < 4.78 is 2.09. The second-order valence-corrected chi connectivity index (χ2v) is 6.76. The van der Waals surface area contributed by atoms with Crippen LogP contribution in [0.15, 0.2) is 36.8 Å². The number of carbonyl (C=O) groups excluding carboxylic acids is 1. The number of nitrogens with zero attached hydrogens (tertiary/aromatic N) is 2. The van der Waals surface area contributed by atoms with Crippen molar-refractivity contribution in [3.63, 3.8) is 0 Å². The first-order valence-electron chi connectivity index (χ1n) is 7.84. The van der Waals surface area contributed by atoms with E-state index in [4.69, 9.17) is 0 Å².